The van der Waals surface area contributed by atoms with Crippen LogP contribution < -0.4 is 10.6 Å². The van der Waals surface area contributed by atoms with Gasteiger partial charge in [-0.05, 0) is 43.8 Å². The largest absolute Gasteiger partial charge is 0.506 e. The molecule has 0 amide bonds. The van der Waals surface area contributed by atoms with Gasteiger partial charge in [0, 0.05) is 5.70 Å². The van der Waals surface area contributed by atoms with Gasteiger partial charge in [-0.15, -0.1) is 0 Å². The van der Waals surface area contributed by atoms with Gasteiger partial charge in [0.05, 0.1) is 23.2 Å². The molecule has 2 rings (SSSR count). The number of hydrogen-bond acceptors (Lipinski definition) is 4. The first kappa shape index (κ1) is 15.6. The van der Waals surface area contributed by atoms with Crippen molar-refractivity contribution in [2.45, 2.75) is 19.9 Å². The molecule has 0 saturated carbocycles. The highest BCUT2D eigenvalue weighted by molar-refractivity contribution is 7.80. The number of allylic oxidation sites excluding steroid dienone is 1. The van der Waals surface area contributed by atoms with Crippen molar-refractivity contribution >= 4 is 34.9 Å². The third-order valence-electron chi connectivity index (χ3n) is 3.07. The quantitative estimate of drug-likeness (QED) is 0.585. The van der Waals surface area contributed by atoms with Gasteiger partial charge in [0.25, 0.3) is 0 Å². The molecule has 7 heteroatoms. The third-order valence-corrected chi connectivity index (χ3v) is 3.59. The van der Waals surface area contributed by atoms with Crippen LogP contribution in [0.3, 0.4) is 0 Å². The summed E-state index contributed by atoms with van der Waals surface area (Å²) in [5, 5.41) is 16.1. The summed E-state index contributed by atoms with van der Waals surface area (Å²) in [5.41, 5.74) is 1.78. The van der Waals surface area contributed by atoms with Gasteiger partial charge in [-0.25, -0.2) is 4.79 Å². The zero-order valence-corrected chi connectivity index (χ0v) is 13.1. The monoisotopic (exact) mass is 326 g/mol. The van der Waals surface area contributed by atoms with Gasteiger partial charge in [-0.3, -0.25) is 0 Å². The number of hydrogen-bond donors (Lipinski definition) is 3. The van der Waals surface area contributed by atoms with E-state index in [-0.39, 0.29) is 17.4 Å². The summed E-state index contributed by atoms with van der Waals surface area (Å²) in [6, 6.07) is 4.27. The predicted octanol–water partition coefficient (Wildman–Crippen LogP) is 2.40. The number of benzene rings is 1. The minimum atomic E-state index is -0.476. The van der Waals surface area contributed by atoms with Gasteiger partial charge in [-0.2, -0.15) is 0 Å². The number of ether oxygens (including phenoxy) is 1. The second-order valence-corrected chi connectivity index (χ2v) is 5.32. The van der Waals surface area contributed by atoms with Crippen molar-refractivity contribution in [2.75, 3.05) is 6.61 Å². The maximum Gasteiger partial charge on any atom is 0.338 e. The lowest BCUT2D eigenvalue weighted by Crippen LogP contribution is -2.45. The van der Waals surface area contributed by atoms with Crippen LogP contribution in [0, 0.1) is 0 Å². The number of aromatic hydroxyl groups is 1. The lowest BCUT2D eigenvalue weighted by Gasteiger charge is -2.29. The molecule has 112 valence electrons. The minimum absolute atomic E-state index is 0.0182. The highest BCUT2D eigenvalue weighted by Gasteiger charge is 2.31. The second kappa shape index (κ2) is 6.32. The van der Waals surface area contributed by atoms with E-state index in [9.17, 15) is 9.90 Å². The van der Waals surface area contributed by atoms with E-state index < -0.39 is 12.0 Å². The molecule has 0 radical (unpaired) electrons. The van der Waals surface area contributed by atoms with Crippen LogP contribution in [0.4, 0.5) is 0 Å². The Morgan fingerprint density at radius 3 is 2.86 bits per heavy atom. The van der Waals surface area contributed by atoms with Crippen LogP contribution in [0.1, 0.15) is 25.5 Å². The van der Waals surface area contributed by atoms with E-state index in [0.717, 1.165) is 0 Å². The fourth-order valence-corrected chi connectivity index (χ4v) is 2.59. The Morgan fingerprint density at radius 1 is 1.52 bits per heavy atom. The first-order chi connectivity index (χ1) is 9.93. The van der Waals surface area contributed by atoms with Crippen molar-refractivity contribution in [3.05, 3.63) is 40.1 Å². The fourth-order valence-electron chi connectivity index (χ4n) is 2.13. The Morgan fingerprint density at radius 2 is 2.24 bits per heavy atom. The zero-order chi connectivity index (χ0) is 15.6. The normalized spacial score (nSPS) is 18.0. The predicted molar refractivity (Wildman–Crippen MR) is 84.1 cm³/mol. The number of halogens is 1. The molecule has 1 aromatic rings. The molecular weight excluding hydrogens is 312 g/mol. The second-order valence-electron chi connectivity index (χ2n) is 4.50. The van der Waals surface area contributed by atoms with E-state index in [4.69, 9.17) is 28.6 Å². The summed E-state index contributed by atoms with van der Waals surface area (Å²) in [5.74, 6) is -0.443. The number of carbonyl (C=O) groups excluding carboxylic acids is 1. The van der Waals surface area contributed by atoms with Crippen LogP contribution in [0.2, 0.25) is 5.02 Å². The van der Waals surface area contributed by atoms with E-state index in [1.165, 1.54) is 6.07 Å². The Bertz CT molecular complexity index is 631. The molecular formula is C14H15ClN2O3S. The molecule has 0 aliphatic carbocycles. The molecule has 0 spiro atoms. The number of phenols is 1. The van der Waals surface area contributed by atoms with Crippen LogP contribution in [-0.2, 0) is 9.53 Å². The van der Waals surface area contributed by atoms with Crippen molar-refractivity contribution in [3.63, 3.8) is 0 Å². The number of nitrogens with one attached hydrogen (secondary N) is 2. The van der Waals surface area contributed by atoms with Crippen molar-refractivity contribution < 1.29 is 14.6 Å². The van der Waals surface area contributed by atoms with Crippen molar-refractivity contribution in [2.24, 2.45) is 0 Å². The number of rotatable bonds is 3. The maximum atomic E-state index is 12.2. The molecule has 21 heavy (non-hydrogen) atoms. The third kappa shape index (κ3) is 3.28. The van der Waals surface area contributed by atoms with Gasteiger partial charge in [0.2, 0.25) is 0 Å². The summed E-state index contributed by atoms with van der Waals surface area (Å²) in [6.07, 6.45) is 0. The highest BCUT2D eigenvalue weighted by Crippen LogP contribution is 2.32. The number of thiocarbonyl (C=S) groups is 1. The van der Waals surface area contributed by atoms with Crippen LogP contribution in [-0.4, -0.2) is 22.8 Å². The van der Waals surface area contributed by atoms with Crippen LogP contribution >= 0.6 is 23.8 Å². The molecule has 1 heterocycles. The Kier molecular flexibility index (Phi) is 4.69. The van der Waals surface area contributed by atoms with Gasteiger partial charge < -0.3 is 20.5 Å². The lowest BCUT2D eigenvalue weighted by atomic mass is 9.95. The smallest absolute Gasteiger partial charge is 0.338 e. The highest BCUT2D eigenvalue weighted by atomic mass is 35.5. The van der Waals surface area contributed by atoms with Crippen molar-refractivity contribution in [3.8, 4) is 5.75 Å². The molecule has 0 bridgehead atoms. The average molecular weight is 327 g/mol. The van der Waals surface area contributed by atoms with Gasteiger partial charge in [0.1, 0.15) is 5.75 Å². The minimum Gasteiger partial charge on any atom is -0.506 e. The molecule has 1 aromatic carbocycles. The molecule has 0 aromatic heterocycles. The Balaban J connectivity index is 2.46. The molecule has 1 aliphatic heterocycles. The zero-order valence-electron chi connectivity index (χ0n) is 11.6. The van der Waals surface area contributed by atoms with E-state index in [1.54, 1.807) is 26.0 Å². The van der Waals surface area contributed by atoms with E-state index in [2.05, 4.69) is 10.6 Å². The first-order valence-electron chi connectivity index (χ1n) is 6.37. The van der Waals surface area contributed by atoms with Crippen LogP contribution in [0.15, 0.2) is 29.5 Å². The molecule has 0 fully saturated rings. The Hall–Kier alpha value is -1.79. The maximum absolute atomic E-state index is 12.2. The van der Waals surface area contributed by atoms with Crippen molar-refractivity contribution in [1.82, 2.24) is 10.6 Å². The molecule has 0 saturated heterocycles. The van der Waals surface area contributed by atoms with E-state index in [1.807, 2.05) is 0 Å². The summed E-state index contributed by atoms with van der Waals surface area (Å²) < 4.78 is 5.09. The van der Waals surface area contributed by atoms with E-state index >= 15 is 0 Å². The molecule has 5 nitrogen and oxygen atoms in total. The number of phenolic OH excluding ortho intramolecular Hbond substituents is 1. The summed E-state index contributed by atoms with van der Waals surface area (Å²) in [6.45, 7) is 3.78. The number of carbonyl (C=O) groups is 1. The van der Waals surface area contributed by atoms with Crippen LogP contribution in [0.5, 0.6) is 5.75 Å². The van der Waals surface area contributed by atoms with Gasteiger partial charge in [-0.1, -0.05) is 17.7 Å². The van der Waals surface area contributed by atoms with Crippen molar-refractivity contribution in [1.29, 1.82) is 0 Å². The lowest BCUT2D eigenvalue weighted by molar-refractivity contribution is -0.139. The first-order valence-corrected chi connectivity index (χ1v) is 7.16. The standard InChI is InChI=1S/C14H15ClN2O3S/c1-3-20-13(19)11-7(2)16-14(21)17-12(11)8-4-5-10(18)9(15)6-8/h4-6,12,18H,3H2,1-2H3,(H2,16,17,21)/t12-/m1/s1. The SMILES string of the molecule is CCOC(=O)C1=C(C)NC(=S)N[C@@H]1c1ccc(O)c(Cl)c1. The van der Waals surface area contributed by atoms with E-state index in [0.29, 0.717) is 21.9 Å². The topological polar surface area (TPSA) is 70.6 Å². The summed E-state index contributed by atoms with van der Waals surface area (Å²) in [4.78, 5) is 12.2. The van der Waals surface area contributed by atoms with Gasteiger partial charge in [0.15, 0.2) is 5.11 Å². The Labute approximate surface area is 132 Å². The fraction of sp³-hybridized carbons (Fsp3) is 0.286. The van der Waals surface area contributed by atoms with Crippen LogP contribution in [0.25, 0.3) is 0 Å². The molecule has 1 atom stereocenters. The number of esters is 1. The average Bonchev–Trinajstić information content (AvgIpc) is 2.41. The summed E-state index contributed by atoms with van der Waals surface area (Å²) in [7, 11) is 0. The molecule has 0 unspecified atom stereocenters. The summed E-state index contributed by atoms with van der Waals surface area (Å²) >= 11 is 11.1. The molecule has 1 aliphatic rings. The molecule has 3 N–H and O–H groups in total. The van der Waals surface area contributed by atoms with Gasteiger partial charge >= 0.3 is 5.97 Å².